The summed E-state index contributed by atoms with van der Waals surface area (Å²) < 4.78 is 59.2. The van der Waals surface area contributed by atoms with Crippen molar-refractivity contribution < 1.29 is 26.7 Å². The van der Waals surface area contributed by atoms with Gasteiger partial charge in [-0.3, -0.25) is 4.79 Å². The zero-order chi connectivity index (χ0) is 19.5. The number of halogens is 2. The van der Waals surface area contributed by atoms with Crippen molar-refractivity contribution in [2.75, 3.05) is 12.4 Å². The topological polar surface area (TPSA) is 84.5 Å². The van der Waals surface area contributed by atoms with Crippen molar-refractivity contribution in [3.63, 3.8) is 0 Å². The lowest BCUT2D eigenvalue weighted by Gasteiger charge is -2.14. The zero-order valence-electron chi connectivity index (χ0n) is 14.3. The summed E-state index contributed by atoms with van der Waals surface area (Å²) >= 11 is 0. The zero-order valence-corrected chi connectivity index (χ0v) is 15.2. The third kappa shape index (κ3) is 4.55. The highest BCUT2D eigenvalue weighted by molar-refractivity contribution is 7.89. The van der Waals surface area contributed by atoms with Crippen LogP contribution < -0.4 is 14.8 Å². The second-order valence-corrected chi connectivity index (χ2v) is 7.40. The first-order valence-corrected chi connectivity index (χ1v) is 9.09. The molecule has 0 aliphatic carbocycles. The van der Waals surface area contributed by atoms with Crippen LogP contribution in [0.1, 0.15) is 24.2 Å². The predicted octanol–water partition coefficient (Wildman–Crippen LogP) is 2.91. The fourth-order valence-corrected chi connectivity index (χ4v) is 3.64. The van der Waals surface area contributed by atoms with E-state index in [1.165, 1.54) is 19.2 Å². The molecular formula is C17H18F2N2O4S. The SMILES string of the molecule is COc1ccc(C(=O)Nc2cc(F)ccc2F)cc1S(=O)(=O)NC(C)C. The maximum Gasteiger partial charge on any atom is 0.255 e. The molecule has 0 unspecified atom stereocenters. The fraction of sp³-hybridized carbons (Fsp3) is 0.235. The van der Waals surface area contributed by atoms with Crippen molar-refractivity contribution in [2.24, 2.45) is 0 Å². The maximum absolute atomic E-state index is 13.7. The number of benzene rings is 2. The smallest absolute Gasteiger partial charge is 0.255 e. The van der Waals surface area contributed by atoms with Crippen LogP contribution in [0.25, 0.3) is 0 Å². The summed E-state index contributed by atoms with van der Waals surface area (Å²) in [5.41, 5.74) is -0.408. The summed E-state index contributed by atoms with van der Waals surface area (Å²) in [6, 6.07) is 5.99. The summed E-state index contributed by atoms with van der Waals surface area (Å²) in [7, 11) is -2.64. The summed E-state index contributed by atoms with van der Waals surface area (Å²) in [6.07, 6.45) is 0. The molecule has 0 fully saturated rings. The Morgan fingerprint density at radius 2 is 1.81 bits per heavy atom. The number of rotatable bonds is 6. The Kier molecular flexibility index (Phi) is 5.94. The number of hydrogen-bond donors (Lipinski definition) is 2. The largest absolute Gasteiger partial charge is 0.495 e. The van der Waals surface area contributed by atoms with Gasteiger partial charge in [0.25, 0.3) is 5.91 Å². The molecule has 0 saturated carbocycles. The standard InChI is InChI=1S/C17H18F2N2O4S/c1-10(2)21-26(23,24)16-8-11(4-7-15(16)25-3)17(22)20-14-9-12(18)5-6-13(14)19/h4-10,21H,1-3H3,(H,20,22). The normalized spacial score (nSPS) is 11.5. The molecule has 1 amide bonds. The third-order valence-electron chi connectivity index (χ3n) is 3.28. The maximum atomic E-state index is 13.7. The van der Waals surface area contributed by atoms with Gasteiger partial charge in [0, 0.05) is 17.7 Å². The van der Waals surface area contributed by atoms with Gasteiger partial charge >= 0.3 is 0 Å². The van der Waals surface area contributed by atoms with E-state index in [9.17, 15) is 22.0 Å². The lowest BCUT2D eigenvalue weighted by Crippen LogP contribution is -2.30. The highest BCUT2D eigenvalue weighted by atomic mass is 32.2. The number of amides is 1. The average molecular weight is 384 g/mol. The van der Waals surface area contributed by atoms with Crippen LogP contribution in [-0.4, -0.2) is 27.5 Å². The van der Waals surface area contributed by atoms with Crippen LogP contribution in [0.3, 0.4) is 0 Å². The van der Waals surface area contributed by atoms with Gasteiger partial charge in [0.2, 0.25) is 10.0 Å². The lowest BCUT2D eigenvalue weighted by molar-refractivity contribution is 0.102. The van der Waals surface area contributed by atoms with Gasteiger partial charge in [-0.05, 0) is 44.2 Å². The minimum absolute atomic E-state index is 0.0478. The molecule has 0 aromatic heterocycles. The highest BCUT2D eigenvalue weighted by Crippen LogP contribution is 2.26. The minimum Gasteiger partial charge on any atom is -0.495 e. The predicted molar refractivity (Wildman–Crippen MR) is 92.8 cm³/mol. The van der Waals surface area contributed by atoms with E-state index in [0.717, 1.165) is 24.3 Å². The number of methoxy groups -OCH3 is 1. The van der Waals surface area contributed by atoms with Gasteiger partial charge in [0.1, 0.15) is 22.3 Å². The van der Waals surface area contributed by atoms with Crippen molar-refractivity contribution in [1.29, 1.82) is 0 Å². The molecule has 26 heavy (non-hydrogen) atoms. The van der Waals surface area contributed by atoms with Crippen molar-refractivity contribution in [3.8, 4) is 5.75 Å². The number of carbonyl (C=O) groups is 1. The summed E-state index contributed by atoms with van der Waals surface area (Å²) in [5, 5.41) is 2.21. The molecule has 0 radical (unpaired) electrons. The molecular weight excluding hydrogens is 366 g/mol. The van der Waals surface area contributed by atoms with Gasteiger partial charge in [-0.15, -0.1) is 0 Å². The third-order valence-corrected chi connectivity index (χ3v) is 4.96. The Balaban J connectivity index is 2.40. The van der Waals surface area contributed by atoms with E-state index in [1.807, 2.05) is 0 Å². The van der Waals surface area contributed by atoms with E-state index < -0.39 is 27.6 Å². The summed E-state index contributed by atoms with van der Waals surface area (Å²) in [6.45, 7) is 3.29. The van der Waals surface area contributed by atoms with E-state index in [0.29, 0.717) is 0 Å². The summed E-state index contributed by atoms with van der Waals surface area (Å²) in [4.78, 5) is 12.1. The molecule has 0 aliphatic rings. The monoisotopic (exact) mass is 384 g/mol. The molecule has 6 nitrogen and oxygen atoms in total. The van der Waals surface area contributed by atoms with Crippen molar-refractivity contribution in [1.82, 2.24) is 4.72 Å². The van der Waals surface area contributed by atoms with E-state index in [1.54, 1.807) is 13.8 Å². The van der Waals surface area contributed by atoms with Gasteiger partial charge in [-0.25, -0.2) is 21.9 Å². The van der Waals surface area contributed by atoms with Crippen LogP contribution in [0.5, 0.6) is 5.75 Å². The number of sulfonamides is 1. The first-order valence-electron chi connectivity index (χ1n) is 7.61. The van der Waals surface area contributed by atoms with Gasteiger partial charge in [-0.2, -0.15) is 0 Å². The van der Waals surface area contributed by atoms with E-state index in [2.05, 4.69) is 10.0 Å². The molecule has 0 aliphatic heterocycles. The minimum atomic E-state index is -3.94. The van der Waals surface area contributed by atoms with Crippen LogP contribution in [0.4, 0.5) is 14.5 Å². The summed E-state index contributed by atoms with van der Waals surface area (Å²) in [5.74, 6) is -2.28. The Hall–Kier alpha value is -2.52. The molecule has 0 saturated heterocycles. The van der Waals surface area contributed by atoms with Crippen molar-refractivity contribution in [2.45, 2.75) is 24.8 Å². The quantitative estimate of drug-likeness (QED) is 0.802. The van der Waals surface area contributed by atoms with Crippen LogP contribution in [0, 0.1) is 11.6 Å². The van der Waals surface area contributed by atoms with Crippen molar-refractivity contribution in [3.05, 3.63) is 53.6 Å². The van der Waals surface area contributed by atoms with E-state index in [-0.39, 0.29) is 27.9 Å². The van der Waals surface area contributed by atoms with Crippen LogP contribution in [-0.2, 0) is 10.0 Å². The van der Waals surface area contributed by atoms with Gasteiger partial charge in [0.15, 0.2) is 0 Å². The van der Waals surface area contributed by atoms with E-state index in [4.69, 9.17) is 4.74 Å². The molecule has 2 rings (SSSR count). The second kappa shape index (κ2) is 7.79. The number of anilines is 1. The van der Waals surface area contributed by atoms with Gasteiger partial charge in [-0.1, -0.05) is 0 Å². The number of nitrogens with one attached hydrogen (secondary N) is 2. The number of hydrogen-bond acceptors (Lipinski definition) is 4. The Bertz CT molecular complexity index is 930. The van der Waals surface area contributed by atoms with Gasteiger partial charge in [0.05, 0.1) is 12.8 Å². The Labute approximate surface area is 150 Å². The molecule has 0 spiro atoms. The molecule has 2 aromatic carbocycles. The molecule has 0 heterocycles. The van der Waals surface area contributed by atoms with Crippen LogP contribution in [0.2, 0.25) is 0 Å². The lowest BCUT2D eigenvalue weighted by atomic mass is 10.2. The molecule has 2 aromatic rings. The first kappa shape index (κ1) is 19.8. The molecule has 0 atom stereocenters. The number of ether oxygens (including phenoxy) is 1. The first-order chi connectivity index (χ1) is 12.1. The molecule has 9 heteroatoms. The second-order valence-electron chi connectivity index (χ2n) is 5.72. The van der Waals surface area contributed by atoms with Gasteiger partial charge < -0.3 is 10.1 Å². The van der Waals surface area contributed by atoms with Crippen molar-refractivity contribution >= 4 is 21.6 Å². The highest BCUT2D eigenvalue weighted by Gasteiger charge is 2.22. The average Bonchev–Trinajstić information content (AvgIpc) is 2.56. The fourth-order valence-electron chi connectivity index (χ4n) is 2.19. The van der Waals surface area contributed by atoms with E-state index >= 15 is 0 Å². The molecule has 0 bridgehead atoms. The van der Waals surface area contributed by atoms with Crippen LogP contribution in [0.15, 0.2) is 41.3 Å². The Morgan fingerprint density at radius 3 is 2.42 bits per heavy atom. The Morgan fingerprint density at radius 1 is 1.12 bits per heavy atom. The number of carbonyl (C=O) groups excluding carboxylic acids is 1. The molecule has 2 N–H and O–H groups in total. The van der Waals surface area contributed by atoms with Crippen LogP contribution >= 0.6 is 0 Å². The molecule has 140 valence electrons.